The molecular weight excluding hydrogens is 154 g/mol. The van der Waals surface area contributed by atoms with Crippen molar-refractivity contribution in [2.75, 3.05) is 14.2 Å². The lowest BCUT2D eigenvalue weighted by atomic mass is 10.1. The lowest BCUT2D eigenvalue weighted by molar-refractivity contribution is -0.682. The molecule has 0 aliphatic carbocycles. The van der Waals surface area contributed by atoms with Crippen molar-refractivity contribution in [2.45, 2.75) is 19.4 Å². The van der Waals surface area contributed by atoms with Crippen LogP contribution in [0.25, 0.3) is 0 Å². The summed E-state index contributed by atoms with van der Waals surface area (Å²) >= 11 is 0. The van der Waals surface area contributed by atoms with Crippen LogP contribution in [0, 0.1) is 0 Å². The Morgan fingerprint density at radius 3 is 2.00 bits per heavy atom. The summed E-state index contributed by atoms with van der Waals surface area (Å²) < 4.78 is 4.54. The molecular formula is C6H14ClNO2. The number of halogens is 1. The maximum atomic E-state index is 10.8. The predicted molar refractivity (Wildman–Crippen MR) is 33.9 cm³/mol. The quantitative estimate of drug-likeness (QED) is 0.428. The molecule has 0 spiro atoms. The Morgan fingerprint density at radius 2 is 1.90 bits per heavy atom. The molecule has 2 N–H and O–H groups in total. The van der Waals surface area contributed by atoms with Crippen LogP contribution in [-0.4, -0.2) is 25.7 Å². The van der Waals surface area contributed by atoms with E-state index in [4.69, 9.17) is 0 Å². The molecule has 0 aromatic rings. The minimum absolute atomic E-state index is 0. The fraction of sp³-hybridized carbons (Fsp3) is 0.833. The van der Waals surface area contributed by atoms with Gasteiger partial charge in [0, 0.05) is 13.8 Å². The predicted octanol–water partition coefficient (Wildman–Crippen LogP) is -3.86. The summed E-state index contributed by atoms with van der Waals surface area (Å²) in [5.74, 6) is -0.190. The second-order valence-corrected chi connectivity index (χ2v) is 2.50. The lowest BCUT2D eigenvalue weighted by Gasteiger charge is -2.15. The Morgan fingerprint density at radius 1 is 1.50 bits per heavy atom. The second-order valence-electron chi connectivity index (χ2n) is 2.50. The largest absolute Gasteiger partial charge is 1.00 e. The Bertz CT molecular complexity index is 114. The molecule has 0 heterocycles. The first kappa shape index (κ1) is 12.4. The molecule has 0 radical (unpaired) electrons. The molecule has 4 heteroatoms. The van der Waals surface area contributed by atoms with Gasteiger partial charge in [0.15, 0.2) is 5.54 Å². The van der Waals surface area contributed by atoms with Crippen LogP contribution in [0.2, 0.25) is 0 Å². The molecule has 10 heavy (non-hydrogen) atoms. The SMILES string of the molecule is C[NH2+]C(C)(C)C(=O)OC.[Cl-]. The fourth-order valence-corrected chi connectivity index (χ4v) is 0.381. The zero-order valence-electron chi connectivity index (χ0n) is 6.77. The topological polar surface area (TPSA) is 42.9 Å². The summed E-state index contributed by atoms with van der Waals surface area (Å²) in [4.78, 5) is 10.8. The van der Waals surface area contributed by atoms with Crippen molar-refractivity contribution < 1.29 is 27.3 Å². The Balaban J connectivity index is 0. The summed E-state index contributed by atoms with van der Waals surface area (Å²) in [6, 6.07) is 0. The van der Waals surface area contributed by atoms with E-state index in [9.17, 15) is 4.79 Å². The number of carbonyl (C=O) groups is 1. The minimum atomic E-state index is -0.436. The highest BCUT2D eigenvalue weighted by Crippen LogP contribution is 1.95. The summed E-state index contributed by atoms with van der Waals surface area (Å²) in [6.07, 6.45) is 0. The Labute approximate surface area is 67.5 Å². The molecule has 0 amide bonds. The standard InChI is InChI=1S/C6H13NO2.ClH/c1-6(2,7-3)5(8)9-4;/h7H,1-4H3;1H. The highest BCUT2D eigenvalue weighted by Gasteiger charge is 2.30. The van der Waals surface area contributed by atoms with E-state index >= 15 is 0 Å². The van der Waals surface area contributed by atoms with E-state index in [1.54, 1.807) is 0 Å². The Hall–Kier alpha value is -0.280. The van der Waals surface area contributed by atoms with Crippen molar-refractivity contribution in [1.29, 1.82) is 0 Å². The molecule has 0 atom stereocenters. The molecule has 3 nitrogen and oxygen atoms in total. The monoisotopic (exact) mass is 167 g/mol. The van der Waals surface area contributed by atoms with E-state index in [0.717, 1.165) is 0 Å². The second kappa shape index (κ2) is 4.52. The van der Waals surface area contributed by atoms with Crippen LogP contribution in [-0.2, 0) is 9.53 Å². The molecule has 0 aromatic heterocycles. The molecule has 0 saturated heterocycles. The van der Waals surface area contributed by atoms with Gasteiger partial charge in [0.25, 0.3) is 0 Å². The van der Waals surface area contributed by atoms with E-state index < -0.39 is 5.54 Å². The first-order valence-corrected chi connectivity index (χ1v) is 2.93. The van der Waals surface area contributed by atoms with E-state index in [1.165, 1.54) is 7.11 Å². The smallest absolute Gasteiger partial charge is 0.367 e. The molecule has 0 rings (SSSR count). The van der Waals surface area contributed by atoms with E-state index in [1.807, 2.05) is 26.2 Å². The normalized spacial score (nSPS) is 10.0. The van der Waals surface area contributed by atoms with Crippen LogP contribution in [0.5, 0.6) is 0 Å². The Kier molecular flexibility index (Phi) is 5.61. The average molecular weight is 168 g/mol. The van der Waals surface area contributed by atoms with Gasteiger partial charge in [-0.3, -0.25) is 0 Å². The van der Waals surface area contributed by atoms with Crippen molar-refractivity contribution in [3.63, 3.8) is 0 Å². The molecule has 0 saturated carbocycles. The van der Waals surface area contributed by atoms with Crippen LogP contribution in [0.15, 0.2) is 0 Å². The number of rotatable bonds is 2. The van der Waals surface area contributed by atoms with Crippen molar-refractivity contribution in [2.24, 2.45) is 0 Å². The third-order valence-corrected chi connectivity index (χ3v) is 1.43. The molecule has 62 valence electrons. The number of carbonyl (C=O) groups excluding carboxylic acids is 1. The number of hydrogen-bond donors (Lipinski definition) is 1. The highest BCUT2D eigenvalue weighted by molar-refractivity contribution is 5.77. The van der Waals surface area contributed by atoms with Gasteiger partial charge in [-0.2, -0.15) is 0 Å². The first-order chi connectivity index (χ1) is 4.04. The van der Waals surface area contributed by atoms with E-state index in [0.29, 0.717) is 0 Å². The van der Waals surface area contributed by atoms with Gasteiger partial charge in [-0.1, -0.05) is 0 Å². The first-order valence-electron chi connectivity index (χ1n) is 2.93. The van der Waals surface area contributed by atoms with Crippen LogP contribution >= 0.6 is 0 Å². The highest BCUT2D eigenvalue weighted by atomic mass is 35.5. The summed E-state index contributed by atoms with van der Waals surface area (Å²) in [5.41, 5.74) is -0.436. The van der Waals surface area contributed by atoms with Gasteiger partial charge in [0.2, 0.25) is 0 Å². The number of methoxy groups -OCH3 is 1. The molecule has 0 bridgehead atoms. The van der Waals surface area contributed by atoms with Crippen molar-refractivity contribution >= 4 is 5.97 Å². The van der Waals surface area contributed by atoms with Crippen molar-refractivity contribution in [3.8, 4) is 0 Å². The average Bonchev–Trinajstić information content (AvgIpc) is 1.86. The summed E-state index contributed by atoms with van der Waals surface area (Å²) in [5, 5.41) is 1.82. The maximum Gasteiger partial charge on any atom is 0.367 e. The van der Waals surface area contributed by atoms with E-state index in [-0.39, 0.29) is 18.4 Å². The van der Waals surface area contributed by atoms with Crippen molar-refractivity contribution in [3.05, 3.63) is 0 Å². The number of hydrogen-bond acceptors (Lipinski definition) is 2. The van der Waals surface area contributed by atoms with Gasteiger partial charge in [0.1, 0.15) is 0 Å². The van der Waals surface area contributed by atoms with Gasteiger partial charge in [-0.05, 0) is 0 Å². The zero-order valence-corrected chi connectivity index (χ0v) is 7.53. The van der Waals surface area contributed by atoms with Gasteiger partial charge in [-0.25, -0.2) is 4.79 Å². The molecule has 0 aliphatic rings. The van der Waals surface area contributed by atoms with Crippen LogP contribution in [0.4, 0.5) is 0 Å². The van der Waals surface area contributed by atoms with Crippen LogP contribution in [0.3, 0.4) is 0 Å². The van der Waals surface area contributed by atoms with E-state index in [2.05, 4.69) is 4.74 Å². The summed E-state index contributed by atoms with van der Waals surface area (Å²) in [6.45, 7) is 3.64. The minimum Gasteiger partial charge on any atom is -1.00 e. The number of likely N-dealkylation sites (N-methyl/N-ethyl adjacent to an activating group) is 1. The molecule has 0 unspecified atom stereocenters. The fourth-order valence-electron chi connectivity index (χ4n) is 0.381. The molecule has 0 aliphatic heterocycles. The zero-order chi connectivity index (χ0) is 7.49. The van der Waals surface area contributed by atoms with Gasteiger partial charge < -0.3 is 22.5 Å². The van der Waals surface area contributed by atoms with Gasteiger partial charge in [-0.15, -0.1) is 0 Å². The van der Waals surface area contributed by atoms with Crippen LogP contribution in [0.1, 0.15) is 13.8 Å². The third kappa shape index (κ3) is 3.03. The van der Waals surface area contributed by atoms with Crippen LogP contribution < -0.4 is 17.7 Å². The molecule has 0 fully saturated rings. The number of quaternary nitrogens is 1. The molecule has 0 aromatic carbocycles. The number of esters is 1. The van der Waals surface area contributed by atoms with Crippen molar-refractivity contribution in [1.82, 2.24) is 0 Å². The lowest BCUT2D eigenvalue weighted by Crippen LogP contribution is -3.00. The third-order valence-electron chi connectivity index (χ3n) is 1.43. The number of nitrogens with two attached hydrogens (primary N) is 1. The number of ether oxygens (including phenoxy) is 1. The van der Waals surface area contributed by atoms with Gasteiger partial charge >= 0.3 is 5.97 Å². The van der Waals surface area contributed by atoms with Gasteiger partial charge in [0.05, 0.1) is 14.2 Å². The summed E-state index contributed by atoms with van der Waals surface area (Å²) in [7, 11) is 3.24. The maximum absolute atomic E-state index is 10.8.